The fourth-order valence-electron chi connectivity index (χ4n) is 1.89. The van der Waals surface area contributed by atoms with Gasteiger partial charge in [0.1, 0.15) is 5.76 Å². The Hall–Kier alpha value is -1.26. The normalized spacial score (nSPS) is 10.7. The van der Waals surface area contributed by atoms with Crippen molar-refractivity contribution < 1.29 is 4.42 Å². The second-order valence-electron chi connectivity index (χ2n) is 4.48. The molecule has 0 saturated carbocycles. The minimum Gasteiger partial charge on any atom is -0.468 e. The van der Waals surface area contributed by atoms with Crippen LogP contribution in [0, 0.1) is 6.92 Å². The SMILES string of the molecule is Cc1c(CNCc2ccco2)cnn1C(C)C.Cl. The summed E-state index contributed by atoms with van der Waals surface area (Å²) in [7, 11) is 0. The molecule has 0 unspecified atom stereocenters. The van der Waals surface area contributed by atoms with E-state index in [9.17, 15) is 0 Å². The van der Waals surface area contributed by atoms with Crippen LogP contribution in [0.25, 0.3) is 0 Å². The number of aromatic nitrogens is 2. The van der Waals surface area contributed by atoms with E-state index in [0.29, 0.717) is 6.04 Å². The largest absolute Gasteiger partial charge is 0.468 e. The zero-order valence-corrected chi connectivity index (χ0v) is 11.8. The van der Waals surface area contributed by atoms with Crippen LogP contribution in [-0.4, -0.2) is 9.78 Å². The monoisotopic (exact) mass is 269 g/mol. The second kappa shape index (κ2) is 6.61. The van der Waals surface area contributed by atoms with E-state index in [1.54, 1.807) is 6.26 Å². The first kappa shape index (κ1) is 14.8. The summed E-state index contributed by atoms with van der Waals surface area (Å²) >= 11 is 0. The van der Waals surface area contributed by atoms with Gasteiger partial charge in [-0.25, -0.2) is 0 Å². The molecule has 0 bridgehead atoms. The van der Waals surface area contributed by atoms with Gasteiger partial charge in [0.05, 0.1) is 19.0 Å². The first-order valence-corrected chi connectivity index (χ1v) is 5.94. The van der Waals surface area contributed by atoms with Gasteiger partial charge in [-0.3, -0.25) is 4.68 Å². The molecule has 0 aliphatic carbocycles. The number of hydrogen-bond acceptors (Lipinski definition) is 3. The van der Waals surface area contributed by atoms with Crippen LogP contribution >= 0.6 is 12.4 Å². The Morgan fingerprint density at radius 3 is 2.72 bits per heavy atom. The molecule has 18 heavy (non-hydrogen) atoms. The van der Waals surface area contributed by atoms with Crippen molar-refractivity contribution in [2.45, 2.75) is 39.9 Å². The zero-order chi connectivity index (χ0) is 12.3. The molecule has 0 saturated heterocycles. The minimum absolute atomic E-state index is 0. The van der Waals surface area contributed by atoms with Crippen LogP contribution < -0.4 is 5.32 Å². The predicted octanol–water partition coefficient (Wildman–Crippen LogP) is 3.08. The van der Waals surface area contributed by atoms with E-state index >= 15 is 0 Å². The van der Waals surface area contributed by atoms with Gasteiger partial charge in [-0.2, -0.15) is 5.10 Å². The lowest BCUT2D eigenvalue weighted by Crippen LogP contribution is -2.13. The summed E-state index contributed by atoms with van der Waals surface area (Å²) in [4.78, 5) is 0. The molecule has 0 aromatic carbocycles. The molecule has 0 fully saturated rings. The molecule has 1 N–H and O–H groups in total. The van der Waals surface area contributed by atoms with Gasteiger partial charge in [0, 0.05) is 23.8 Å². The van der Waals surface area contributed by atoms with Gasteiger partial charge in [-0.1, -0.05) is 0 Å². The van der Waals surface area contributed by atoms with Crippen molar-refractivity contribution in [3.8, 4) is 0 Å². The van der Waals surface area contributed by atoms with Crippen molar-refractivity contribution in [1.82, 2.24) is 15.1 Å². The van der Waals surface area contributed by atoms with Gasteiger partial charge in [0.15, 0.2) is 0 Å². The lowest BCUT2D eigenvalue weighted by Gasteiger charge is -2.09. The average Bonchev–Trinajstić information content (AvgIpc) is 2.89. The molecule has 2 aromatic rings. The molecule has 0 aliphatic heterocycles. The molecule has 2 heterocycles. The third-order valence-corrected chi connectivity index (χ3v) is 2.83. The molecule has 0 aliphatic rings. The van der Waals surface area contributed by atoms with Gasteiger partial charge >= 0.3 is 0 Å². The van der Waals surface area contributed by atoms with Crippen molar-refractivity contribution in [2.24, 2.45) is 0 Å². The molecular weight excluding hydrogens is 250 g/mol. The minimum atomic E-state index is 0. The first-order valence-electron chi connectivity index (χ1n) is 5.94. The summed E-state index contributed by atoms with van der Waals surface area (Å²) in [6.45, 7) is 7.95. The number of nitrogens with zero attached hydrogens (tertiary/aromatic N) is 2. The fourth-order valence-corrected chi connectivity index (χ4v) is 1.89. The van der Waals surface area contributed by atoms with E-state index in [4.69, 9.17) is 4.42 Å². The molecule has 2 rings (SSSR count). The average molecular weight is 270 g/mol. The highest BCUT2D eigenvalue weighted by molar-refractivity contribution is 5.85. The second-order valence-corrected chi connectivity index (χ2v) is 4.48. The Morgan fingerprint density at radius 2 is 2.17 bits per heavy atom. The summed E-state index contributed by atoms with van der Waals surface area (Å²) < 4.78 is 7.31. The first-order chi connectivity index (χ1) is 8.18. The van der Waals surface area contributed by atoms with E-state index in [0.717, 1.165) is 18.8 Å². The topological polar surface area (TPSA) is 43.0 Å². The highest BCUT2D eigenvalue weighted by Gasteiger charge is 2.08. The van der Waals surface area contributed by atoms with E-state index in [1.807, 2.05) is 23.0 Å². The molecule has 0 radical (unpaired) electrons. The molecule has 100 valence electrons. The summed E-state index contributed by atoms with van der Waals surface area (Å²) in [5, 5.41) is 7.73. The lowest BCUT2D eigenvalue weighted by atomic mass is 10.2. The van der Waals surface area contributed by atoms with Crippen LogP contribution in [0.5, 0.6) is 0 Å². The third kappa shape index (κ3) is 3.37. The van der Waals surface area contributed by atoms with E-state index < -0.39 is 0 Å². The maximum atomic E-state index is 5.26. The van der Waals surface area contributed by atoms with Crippen LogP contribution in [0.2, 0.25) is 0 Å². The molecule has 5 heteroatoms. The van der Waals surface area contributed by atoms with Crippen LogP contribution in [0.4, 0.5) is 0 Å². The van der Waals surface area contributed by atoms with Crippen LogP contribution in [0.1, 0.15) is 36.9 Å². The summed E-state index contributed by atoms with van der Waals surface area (Å²) in [6, 6.07) is 4.28. The summed E-state index contributed by atoms with van der Waals surface area (Å²) in [5.41, 5.74) is 2.47. The van der Waals surface area contributed by atoms with Crippen molar-refractivity contribution in [3.63, 3.8) is 0 Å². The molecule has 2 aromatic heterocycles. The van der Waals surface area contributed by atoms with Crippen molar-refractivity contribution in [3.05, 3.63) is 41.6 Å². The number of halogens is 1. The molecule has 4 nitrogen and oxygen atoms in total. The number of hydrogen-bond donors (Lipinski definition) is 1. The Labute approximate surface area is 114 Å². The third-order valence-electron chi connectivity index (χ3n) is 2.83. The Bertz CT molecular complexity index is 463. The molecule has 0 amide bonds. The number of furan rings is 1. The lowest BCUT2D eigenvalue weighted by molar-refractivity contribution is 0.482. The maximum absolute atomic E-state index is 5.26. The summed E-state index contributed by atoms with van der Waals surface area (Å²) in [5.74, 6) is 0.957. The fraction of sp³-hybridized carbons (Fsp3) is 0.462. The van der Waals surface area contributed by atoms with Crippen LogP contribution in [-0.2, 0) is 13.1 Å². The Morgan fingerprint density at radius 1 is 1.39 bits per heavy atom. The summed E-state index contributed by atoms with van der Waals surface area (Å²) in [6.07, 6.45) is 3.63. The molecule has 0 atom stereocenters. The number of nitrogens with one attached hydrogen (secondary N) is 1. The van der Waals surface area contributed by atoms with Crippen LogP contribution in [0.15, 0.2) is 29.0 Å². The molecule has 0 spiro atoms. The Balaban J connectivity index is 0.00000162. The van der Waals surface area contributed by atoms with E-state index in [-0.39, 0.29) is 12.4 Å². The van der Waals surface area contributed by atoms with Gasteiger partial charge in [0.2, 0.25) is 0 Å². The standard InChI is InChI=1S/C13H19N3O.ClH/c1-10(2)16-11(3)12(8-15-16)7-14-9-13-5-4-6-17-13;/h4-6,8,10,14H,7,9H2,1-3H3;1H. The van der Waals surface area contributed by atoms with Gasteiger partial charge < -0.3 is 9.73 Å². The van der Waals surface area contributed by atoms with E-state index in [2.05, 4.69) is 31.2 Å². The predicted molar refractivity (Wildman–Crippen MR) is 73.8 cm³/mol. The van der Waals surface area contributed by atoms with Crippen molar-refractivity contribution >= 4 is 12.4 Å². The van der Waals surface area contributed by atoms with Gasteiger partial charge in [0.25, 0.3) is 0 Å². The van der Waals surface area contributed by atoms with Crippen molar-refractivity contribution in [2.75, 3.05) is 0 Å². The van der Waals surface area contributed by atoms with Crippen LogP contribution in [0.3, 0.4) is 0 Å². The molecular formula is C13H20ClN3O. The van der Waals surface area contributed by atoms with Gasteiger partial charge in [-0.05, 0) is 32.9 Å². The maximum Gasteiger partial charge on any atom is 0.117 e. The Kier molecular flexibility index (Phi) is 5.44. The van der Waals surface area contributed by atoms with E-state index in [1.165, 1.54) is 11.3 Å². The van der Waals surface area contributed by atoms with Crippen molar-refractivity contribution in [1.29, 1.82) is 0 Å². The highest BCUT2D eigenvalue weighted by Crippen LogP contribution is 2.12. The van der Waals surface area contributed by atoms with Gasteiger partial charge in [-0.15, -0.1) is 12.4 Å². The number of rotatable bonds is 5. The quantitative estimate of drug-likeness (QED) is 0.907. The zero-order valence-electron chi connectivity index (χ0n) is 11.0. The smallest absolute Gasteiger partial charge is 0.117 e. The highest BCUT2D eigenvalue weighted by atomic mass is 35.5.